The van der Waals surface area contributed by atoms with Crippen LogP contribution in [0.1, 0.15) is 5.56 Å². The molecule has 1 saturated heterocycles. The van der Waals surface area contributed by atoms with E-state index in [1.54, 1.807) is 12.1 Å². The van der Waals surface area contributed by atoms with Gasteiger partial charge in [-0.25, -0.2) is 4.39 Å². The second-order valence-corrected chi connectivity index (χ2v) is 5.41. The van der Waals surface area contributed by atoms with Crippen LogP contribution in [0.5, 0.6) is 0 Å². The molecule has 0 atom stereocenters. The van der Waals surface area contributed by atoms with Crippen molar-refractivity contribution in [3.63, 3.8) is 0 Å². The summed E-state index contributed by atoms with van der Waals surface area (Å²) in [6.07, 6.45) is 0. The molecule has 1 heterocycles. The topological polar surface area (TPSA) is 41.5 Å². The van der Waals surface area contributed by atoms with Gasteiger partial charge in [0.2, 0.25) is 0 Å². The lowest BCUT2D eigenvalue weighted by molar-refractivity contribution is -0.134. The predicted molar refractivity (Wildman–Crippen MR) is 66.1 cm³/mol. The van der Waals surface area contributed by atoms with Crippen molar-refractivity contribution in [1.82, 2.24) is 5.32 Å². The Bertz CT molecular complexity index is 391. The van der Waals surface area contributed by atoms with Crippen LogP contribution in [0, 0.1) is 11.2 Å². The summed E-state index contributed by atoms with van der Waals surface area (Å²) in [4.78, 5) is 0. The summed E-state index contributed by atoms with van der Waals surface area (Å²) in [6.45, 7) is 2.32. The fraction of sp³-hybridized carbons (Fsp3) is 0.500. The van der Waals surface area contributed by atoms with E-state index in [1.165, 1.54) is 6.07 Å². The molecule has 1 aliphatic heterocycles. The molecule has 17 heavy (non-hydrogen) atoms. The minimum absolute atomic E-state index is 0.0982. The molecule has 0 bridgehead atoms. The van der Waals surface area contributed by atoms with Crippen molar-refractivity contribution in [2.45, 2.75) is 6.54 Å². The van der Waals surface area contributed by atoms with Crippen molar-refractivity contribution in [2.24, 2.45) is 5.41 Å². The van der Waals surface area contributed by atoms with E-state index in [1.807, 2.05) is 0 Å². The van der Waals surface area contributed by atoms with Gasteiger partial charge in [0, 0.05) is 23.1 Å². The monoisotopic (exact) mass is 303 g/mol. The van der Waals surface area contributed by atoms with E-state index in [4.69, 9.17) is 4.74 Å². The van der Waals surface area contributed by atoms with Crippen molar-refractivity contribution >= 4 is 15.9 Å². The molecule has 5 heteroatoms. The summed E-state index contributed by atoms with van der Waals surface area (Å²) < 4.78 is 19.4. The third-order valence-electron chi connectivity index (χ3n) is 2.98. The van der Waals surface area contributed by atoms with Crippen LogP contribution in [0.2, 0.25) is 0 Å². The van der Waals surface area contributed by atoms with Crippen molar-refractivity contribution in [3.05, 3.63) is 34.1 Å². The summed E-state index contributed by atoms with van der Waals surface area (Å²) in [6, 6.07) is 4.87. The number of halogens is 2. The average Bonchev–Trinajstić information content (AvgIpc) is 2.27. The SMILES string of the molecule is OCC1(CNCc2cc(Br)ccc2F)COC1. The molecule has 0 aromatic heterocycles. The van der Waals surface area contributed by atoms with Gasteiger partial charge in [0.15, 0.2) is 0 Å². The normalized spacial score (nSPS) is 17.8. The van der Waals surface area contributed by atoms with Gasteiger partial charge in [-0.1, -0.05) is 15.9 Å². The first-order valence-corrected chi connectivity index (χ1v) is 6.28. The maximum Gasteiger partial charge on any atom is 0.127 e. The molecule has 94 valence electrons. The molecule has 2 N–H and O–H groups in total. The Morgan fingerprint density at radius 1 is 1.47 bits per heavy atom. The van der Waals surface area contributed by atoms with Crippen molar-refractivity contribution in [1.29, 1.82) is 0 Å². The largest absolute Gasteiger partial charge is 0.396 e. The lowest BCUT2D eigenvalue weighted by atomic mass is 9.87. The molecule has 0 saturated carbocycles. The van der Waals surface area contributed by atoms with E-state index in [9.17, 15) is 9.50 Å². The lowest BCUT2D eigenvalue weighted by Crippen LogP contribution is -2.52. The molecule has 1 aliphatic rings. The van der Waals surface area contributed by atoms with Crippen LogP contribution in [0.25, 0.3) is 0 Å². The van der Waals surface area contributed by atoms with E-state index < -0.39 is 0 Å². The van der Waals surface area contributed by atoms with Gasteiger partial charge in [0.1, 0.15) is 5.82 Å². The highest BCUT2D eigenvalue weighted by molar-refractivity contribution is 9.10. The van der Waals surface area contributed by atoms with Gasteiger partial charge in [0.05, 0.1) is 25.2 Å². The molecule has 0 spiro atoms. The van der Waals surface area contributed by atoms with Gasteiger partial charge in [-0.05, 0) is 18.2 Å². The highest BCUT2D eigenvalue weighted by atomic mass is 79.9. The highest BCUT2D eigenvalue weighted by Gasteiger charge is 2.37. The summed E-state index contributed by atoms with van der Waals surface area (Å²) in [7, 11) is 0. The van der Waals surface area contributed by atoms with E-state index in [2.05, 4.69) is 21.2 Å². The van der Waals surface area contributed by atoms with Crippen molar-refractivity contribution in [3.8, 4) is 0 Å². The lowest BCUT2D eigenvalue weighted by Gasteiger charge is -2.40. The van der Waals surface area contributed by atoms with Gasteiger partial charge in [-0.3, -0.25) is 0 Å². The molecule has 1 aromatic carbocycles. The standard InChI is InChI=1S/C12H15BrFNO2/c13-10-1-2-11(14)9(3-10)4-15-5-12(6-16)7-17-8-12/h1-3,15-16H,4-8H2. The molecule has 0 radical (unpaired) electrons. The number of nitrogens with one attached hydrogen (secondary N) is 1. The molecule has 3 nitrogen and oxygen atoms in total. The van der Waals surface area contributed by atoms with E-state index in [-0.39, 0.29) is 17.8 Å². The summed E-state index contributed by atoms with van der Waals surface area (Å²) >= 11 is 3.31. The first kappa shape index (κ1) is 13.0. The number of rotatable bonds is 5. The van der Waals surface area contributed by atoms with Gasteiger partial charge in [-0.2, -0.15) is 0 Å². The minimum Gasteiger partial charge on any atom is -0.396 e. The second kappa shape index (κ2) is 5.44. The Balaban J connectivity index is 1.87. The van der Waals surface area contributed by atoms with Crippen molar-refractivity contribution < 1.29 is 14.2 Å². The maximum absolute atomic E-state index is 13.4. The molecule has 2 rings (SSSR count). The van der Waals surface area contributed by atoms with Crippen molar-refractivity contribution in [2.75, 3.05) is 26.4 Å². The molecule has 0 unspecified atom stereocenters. The Labute approximate surface area is 108 Å². The van der Waals surface area contributed by atoms with Crippen LogP contribution in [0.4, 0.5) is 4.39 Å². The number of hydrogen-bond acceptors (Lipinski definition) is 3. The number of hydrogen-bond donors (Lipinski definition) is 2. The molecule has 0 amide bonds. The Morgan fingerprint density at radius 2 is 2.24 bits per heavy atom. The minimum atomic E-state index is -0.219. The van der Waals surface area contributed by atoms with Crippen LogP contribution < -0.4 is 5.32 Å². The fourth-order valence-corrected chi connectivity index (χ4v) is 2.19. The quantitative estimate of drug-likeness (QED) is 0.870. The van der Waals surface area contributed by atoms with Gasteiger partial charge >= 0.3 is 0 Å². The molecule has 0 aliphatic carbocycles. The zero-order valence-corrected chi connectivity index (χ0v) is 11.0. The zero-order chi connectivity index (χ0) is 12.3. The second-order valence-electron chi connectivity index (χ2n) is 4.49. The Hall–Kier alpha value is -0.490. The van der Waals surface area contributed by atoms with Crippen LogP contribution in [-0.2, 0) is 11.3 Å². The molecular weight excluding hydrogens is 289 g/mol. The number of aliphatic hydroxyl groups excluding tert-OH is 1. The molecular formula is C12H15BrFNO2. The van der Waals surface area contributed by atoms with Gasteiger partial charge in [-0.15, -0.1) is 0 Å². The Morgan fingerprint density at radius 3 is 2.82 bits per heavy atom. The maximum atomic E-state index is 13.4. The number of benzene rings is 1. The first-order valence-electron chi connectivity index (χ1n) is 5.48. The third kappa shape index (κ3) is 3.04. The van der Waals surface area contributed by atoms with E-state index in [0.29, 0.717) is 31.9 Å². The van der Waals surface area contributed by atoms with E-state index >= 15 is 0 Å². The average molecular weight is 304 g/mol. The fourth-order valence-electron chi connectivity index (χ4n) is 1.78. The van der Waals surface area contributed by atoms with Gasteiger partial charge < -0.3 is 15.2 Å². The smallest absolute Gasteiger partial charge is 0.127 e. The first-order chi connectivity index (χ1) is 8.15. The highest BCUT2D eigenvalue weighted by Crippen LogP contribution is 2.25. The van der Waals surface area contributed by atoms with Crippen LogP contribution >= 0.6 is 15.9 Å². The van der Waals surface area contributed by atoms with Crippen LogP contribution in [-0.4, -0.2) is 31.5 Å². The summed E-state index contributed by atoms with van der Waals surface area (Å²) in [5, 5.41) is 12.4. The summed E-state index contributed by atoms with van der Waals surface area (Å²) in [5.41, 5.74) is 0.440. The number of aliphatic hydroxyl groups is 1. The van der Waals surface area contributed by atoms with Crippen LogP contribution in [0.3, 0.4) is 0 Å². The van der Waals surface area contributed by atoms with Gasteiger partial charge in [0.25, 0.3) is 0 Å². The predicted octanol–water partition coefficient (Wildman–Crippen LogP) is 1.69. The zero-order valence-electron chi connectivity index (χ0n) is 9.38. The third-order valence-corrected chi connectivity index (χ3v) is 3.47. The van der Waals surface area contributed by atoms with E-state index in [0.717, 1.165) is 4.47 Å². The Kier molecular flexibility index (Phi) is 4.14. The van der Waals surface area contributed by atoms with Crippen LogP contribution in [0.15, 0.2) is 22.7 Å². The summed E-state index contributed by atoms with van der Waals surface area (Å²) in [5.74, 6) is -0.219. The molecule has 1 aromatic rings. The number of ether oxygens (including phenoxy) is 1. The molecule has 1 fully saturated rings.